The summed E-state index contributed by atoms with van der Waals surface area (Å²) in [6, 6.07) is 5.42. The van der Waals surface area contributed by atoms with Crippen molar-refractivity contribution >= 4 is 5.78 Å². The van der Waals surface area contributed by atoms with Crippen LogP contribution >= 0.6 is 0 Å². The van der Waals surface area contributed by atoms with Crippen molar-refractivity contribution in [2.45, 2.75) is 70.8 Å². The van der Waals surface area contributed by atoms with Gasteiger partial charge in [0.2, 0.25) is 0 Å². The summed E-state index contributed by atoms with van der Waals surface area (Å²) in [5.41, 5.74) is 1.94. The van der Waals surface area contributed by atoms with Crippen molar-refractivity contribution in [1.29, 1.82) is 0 Å². The van der Waals surface area contributed by atoms with Gasteiger partial charge in [0, 0.05) is 13.0 Å². The third-order valence-corrected chi connectivity index (χ3v) is 6.13. The molecule has 2 atom stereocenters. The fraction of sp³-hybridized carbons (Fsp3) is 0.609. The first-order valence-corrected chi connectivity index (χ1v) is 10.4. The number of phenols is 1. The van der Waals surface area contributed by atoms with Gasteiger partial charge in [-0.1, -0.05) is 19.1 Å². The van der Waals surface area contributed by atoms with Crippen LogP contribution in [0.2, 0.25) is 0 Å². The van der Waals surface area contributed by atoms with Gasteiger partial charge in [0.1, 0.15) is 0 Å². The standard InChI is InChI=1S/C23H32O4/c1-2-17-14-18(9-10-19(17)15-24)21(25)11-7-16-8-12-22(26)23(13-16)27-20-5-3-4-6-20/h8,12-14,17,19-20,24,26H,2-7,9-11,15H2,1H3. The lowest BCUT2D eigenvalue weighted by molar-refractivity contribution is -0.115. The number of carbonyl (C=O) groups is 1. The molecular formula is C23H32O4. The maximum Gasteiger partial charge on any atom is 0.161 e. The number of carbonyl (C=O) groups excluding carboxylic acids is 1. The summed E-state index contributed by atoms with van der Waals surface area (Å²) in [4.78, 5) is 12.6. The Labute approximate surface area is 162 Å². The highest BCUT2D eigenvalue weighted by Gasteiger charge is 2.25. The van der Waals surface area contributed by atoms with Crippen molar-refractivity contribution in [2.75, 3.05) is 6.61 Å². The molecule has 4 heteroatoms. The molecule has 3 rings (SSSR count). The number of aliphatic hydroxyl groups is 1. The minimum atomic E-state index is 0.174. The summed E-state index contributed by atoms with van der Waals surface area (Å²) >= 11 is 0. The summed E-state index contributed by atoms with van der Waals surface area (Å²) < 4.78 is 5.95. The molecule has 2 aliphatic carbocycles. The molecule has 27 heavy (non-hydrogen) atoms. The lowest BCUT2D eigenvalue weighted by Crippen LogP contribution is -2.23. The number of Topliss-reactive ketones (excluding diaryl/α,β-unsaturated/α-hetero) is 1. The summed E-state index contributed by atoms with van der Waals surface area (Å²) in [5, 5.41) is 19.5. The van der Waals surface area contributed by atoms with E-state index in [1.165, 1.54) is 12.8 Å². The zero-order valence-corrected chi connectivity index (χ0v) is 16.3. The topological polar surface area (TPSA) is 66.8 Å². The third kappa shape index (κ3) is 5.13. The SMILES string of the molecule is CCC1C=C(C(=O)CCc2ccc(O)c(OC3CCCC3)c2)CCC1CO. The fourth-order valence-electron chi connectivity index (χ4n) is 4.36. The number of hydrogen-bond donors (Lipinski definition) is 2. The van der Waals surface area contributed by atoms with Crippen molar-refractivity contribution in [3.63, 3.8) is 0 Å². The zero-order chi connectivity index (χ0) is 19.2. The van der Waals surface area contributed by atoms with Gasteiger partial charge in [-0.3, -0.25) is 4.79 Å². The predicted molar refractivity (Wildman–Crippen MR) is 106 cm³/mol. The van der Waals surface area contributed by atoms with Crippen LogP contribution in [0.25, 0.3) is 0 Å². The van der Waals surface area contributed by atoms with E-state index in [1.807, 2.05) is 12.1 Å². The summed E-state index contributed by atoms with van der Waals surface area (Å²) in [6.45, 7) is 2.31. The number of hydrogen-bond acceptors (Lipinski definition) is 4. The van der Waals surface area contributed by atoms with E-state index in [0.717, 1.165) is 43.2 Å². The zero-order valence-electron chi connectivity index (χ0n) is 16.3. The van der Waals surface area contributed by atoms with E-state index in [2.05, 4.69) is 13.0 Å². The largest absolute Gasteiger partial charge is 0.504 e. The van der Waals surface area contributed by atoms with Crippen molar-refractivity contribution in [3.8, 4) is 11.5 Å². The number of ether oxygens (including phenoxy) is 1. The normalized spacial score (nSPS) is 23.3. The lowest BCUT2D eigenvalue weighted by Gasteiger charge is -2.27. The molecule has 2 unspecified atom stereocenters. The highest BCUT2D eigenvalue weighted by Crippen LogP contribution is 2.33. The molecule has 1 fully saturated rings. The van der Waals surface area contributed by atoms with Gasteiger partial charge in [0.15, 0.2) is 17.3 Å². The number of benzene rings is 1. The first-order chi connectivity index (χ1) is 13.1. The van der Waals surface area contributed by atoms with E-state index < -0.39 is 0 Å². The monoisotopic (exact) mass is 372 g/mol. The Bertz CT molecular complexity index is 673. The van der Waals surface area contributed by atoms with Crippen LogP contribution in [0.5, 0.6) is 11.5 Å². The van der Waals surface area contributed by atoms with Crippen LogP contribution in [0, 0.1) is 11.8 Å². The maximum absolute atomic E-state index is 12.6. The molecule has 0 aliphatic heterocycles. The highest BCUT2D eigenvalue weighted by molar-refractivity contribution is 5.95. The Morgan fingerprint density at radius 2 is 2.00 bits per heavy atom. The Morgan fingerprint density at radius 1 is 1.22 bits per heavy atom. The quantitative estimate of drug-likeness (QED) is 0.701. The van der Waals surface area contributed by atoms with Gasteiger partial charge in [-0.25, -0.2) is 0 Å². The number of aryl methyl sites for hydroxylation is 1. The lowest BCUT2D eigenvalue weighted by atomic mass is 9.78. The molecule has 4 nitrogen and oxygen atoms in total. The fourth-order valence-corrected chi connectivity index (χ4v) is 4.36. The first-order valence-electron chi connectivity index (χ1n) is 10.4. The van der Waals surface area contributed by atoms with E-state index in [9.17, 15) is 15.0 Å². The number of aromatic hydroxyl groups is 1. The van der Waals surface area contributed by atoms with Crippen LogP contribution in [-0.4, -0.2) is 28.7 Å². The molecule has 1 saturated carbocycles. The van der Waals surface area contributed by atoms with Crippen LogP contribution in [-0.2, 0) is 11.2 Å². The van der Waals surface area contributed by atoms with E-state index in [4.69, 9.17) is 4.74 Å². The van der Waals surface area contributed by atoms with E-state index in [-0.39, 0.29) is 24.2 Å². The molecule has 0 heterocycles. The number of allylic oxidation sites excluding steroid dienone is 2. The second kappa shape index (κ2) is 9.41. The van der Waals surface area contributed by atoms with E-state index in [1.54, 1.807) is 6.07 Å². The van der Waals surface area contributed by atoms with Crippen molar-refractivity contribution in [3.05, 3.63) is 35.4 Å². The minimum Gasteiger partial charge on any atom is -0.504 e. The summed E-state index contributed by atoms with van der Waals surface area (Å²) in [6.07, 6.45) is 10.5. The van der Waals surface area contributed by atoms with Crippen LogP contribution < -0.4 is 4.74 Å². The van der Waals surface area contributed by atoms with Crippen LogP contribution in [0.4, 0.5) is 0 Å². The summed E-state index contributed by atoms with van der Waals surface area (Å²) in [7, 11) is 0. The Kier molecular flexibility index (Phi) is 6.95. The van der Waals surface area contributed by atoms with Crippen LogP contribution in [0.3, 0.4) is 0 Å². The van der Waals surface area contributed by atoms with Gasteiger partial charge in [-0.15, -0.1) is 0 Å². The molecule has 2 aliphatic rings. The molecule has 0 aromatic heterocycles. The van der Waals surface area contributed by atoms with Crippen LogP contribution in [0.15, 0.2) is 29.8 Å². The predicted octanol–water partition coefficient (Wildman–Crippen LogP) is 4.57. The molecule has 2 N–H and O–H groups in total. The molecule has 0 amide bonds. The van der Waals surface area contributed by atoms with E-state index in [0.29, 0.717) is 30.4 Å². The third-order valence-electron chi connectivity index (χ3n) is 6.13. The van der Waals surface area contributed by atoms with Crippen molar-refractivity contribution < 1.29 is 19.7 Å². The molecule has 148 valence electrons. The molecule has 0 radical (unpaired) electrons. The Balaban J connectivity index is 1.59. The van der Waals surface area contributed by atoms with Crippen molar-refractivity contribution in [2.24, 2.45) is 11.8 Å². The maximum atomic E-state index is 12.6. The number of ketones is 1. The van der Waals surface area contributed by atoms with Gasteiger partial charge in [-0.2, -0.15) is 0 Å². The van der Waals surface area contributed by atoms with Gasteiger partial charge in [0.25, 0.3) is 0 Å². The minimum absolute atomic E-state index is 0.174. The Hall–Kier alpha value is -1.81. The number of phenolic OH excluding ortho intramolecular Hbond substituents is 1. The van der Waals surface area contributed by atoms with Gasteiger partial charge >= 0.3 is 0 Å². The number of rotatable bonds is 8. The highest BCUT2D eigenvalue weighted by atomic mass is 16.5. The average molecular weight is 373 g/mol. The van der Waals surface area contributed by atoms with Gasteiger partial charge < -0.3 is 14.9 Å². The van der Waals surface area contributed by atoms with Gasteiger partial charge in [0.05, 0.1) is 6.10 Å². The molecule has 1 aromatic rings. The van der Waals surface area contributed by atoms with Gasteiger partial charge in [-0.05, 0) is 86.5 Å². The average Bonchev–Trinajstić information content (AvgIpc) is 3.20. The second-order valence-corrected chi connectivity index (χ2v) is 7.99. The molecular weight excluding hydrogens is 340 g/mol. The van der Waals surface area contributed by atoms with Crippen molar-refractivity contribution in [1.82, 2.24) is 0 Å². The summed E-state index contributed by atoms with van der Waals surface area (Å²) in [5.74, 6) is 1.52. The van der Waals surface area contributed by atoms with Crippen LogP contribution in [0.1, 0.15) is 63.9 Å². The van der Waals surface area contributed by atoms with E-state index >= 15 is 0 Å². The molecule has 0 saturated heterocycles. The second-order valence-electron chi connectivity index (χ2n) is 7.99. The Morgan fingerprint density at radius 3 is 2.70 bits per heavy atom. The smallest absolute Gasteiger partial charge is 0.161 e. The molecule has 0 bridgehead atoms. The number of aliphatic hydroxyl groups excluding tert-OH is 1. The molecule has 0 spiro atoms. The first kappa shape index (κ1) is 19.9. The molecule has 1 aromatic carbocycles.